The Bertz CT molecular complexity index is 3880. The van der Waals surface area contributed by atoms with Crippen LogP contribution in [-0.2, 0) is 57.6 Å². The van der Waals surface area contributed by atoms with E-state index in [0.29, 0.717) is 41.5 Å². The first-order valence-corrected chi connectivity index (χ1v) is 72.1. The molecule has 656 valence electrons. The van der Waals surface area contributed by atoms with Gasteiger partial charge in [0, 0.05) is 41.5 Å². The molecule has 0 aliphatic carbocycles. The van der Waals surface area contributed by atoms with Gasteiger partial charge in [0.15, 0.2) is 33.3 Å². The van der Waals surface area contributed by atoms with Gasteiger partial charge in [0.25, 0.3) is 0 Å². The van der Waals surface area contributed by atoms with Gasteiger partial charge in [0.2, 0.25) is 0 Å². The fourth-order valence-electron chi connectivity index (χ4n) is 16.0. The van der Waals surface area contributed by atoms with Gasteiger partial charge in [0.1, 0.15) is 0 Å². The van der Waals surface area contributed by atoms with Gasteiger partial charge in [-0.1, -0.05) is 422 Å². The topological polar surface area (TPSA) is 129 Å². The zero-order chi connectivity index (χ0) is 86.3. The molecule has 0 amide bonds. The molecular weight excluding hydrogens is 1710 g/mol. The van der Waals surface area contributed by atoms with E-state index in [0.717, 1.165) is 153 Å². The second kappa shape index (κ2) is 46.7. The highest BCUT2D eigenvalue weighted by molar-refractivity contribution is 7.11. The summed E-state index contributed by atoms with van der Waals surface area (Å²) in [5.41, 5.74) is 0. The van der Waals surface area contributed by atoms with Crippen molar-refractivity contribution in [1.82, 2.24) is 0 Å². The van der Waals surface area contributed by atoms with Crippen LogP contribution in [0.5, 0.6) is 0 Å². The van der Waals surface area contributed by atoms with Crippen LogP contribution >= 0.6 is 0 Å². The largest absolute Gasteiger partial charge is 0.515 e. The summed E-state index contributed by atoms with van der Waals surface area (Å²) >= 11 is 0. The lowest BCUT2D eigenvalue weighted by molar-refractivity contribution is 0.0479. The van der Waals surface area contributed by atoms with Crippen LogP contribution in [0, 0.1) is 0 Å². The third kappa shape index (κ3) is 26.9. The first-order chi connectivity index (χ1) is 59.0. The van der Waals surface area contributed by atoms with Gasteiger partial charge in [-0.2, -0.15) is 0 Å². The first-order valence-electron chi connectivity index (χ1n) is 45.8. The lowest BCUT2D eigenvalue weighted by atomic mass is 10.2. The van der Waals surface area contributed by atoms with Gasteiger partial charge in [-0.05, 0) is 128 Å². The Morgan fingerprint density at radius 3 is 0.500 bits per heavy atom. The summed E-state index contributed by atoms with van der Waals surface area (Å²) in [5, 5.41) is 4.80. The second-order valence-corrected chi connectivity index (χ2v) is 76.3. The third-order valence-corrected chi connectivity index (χ3v) is 71.7. The average Bonchev–Trinajstić information content (AvgIpc) is 0.684. The zero-order valence-corrected chi connectivity index (χ0v) is 87.2. The van der Waals surface area contributed by atoms with Crippen molar-refractivity contribution in [3.05, 3.63) is 291 Å². The summed E-state index contributed by atoms with van der Waals surface area (Å²) in [6.07, 6.45) is 43.5. The van der Waals surface area contributed by atoms with Crippen molar-refractivity contribution in [3.63, 3.8) is 0 Å². The third-order valence-electron chi connectivity index (χ3n) is 22.5. The standard InChI is InChI=1S/C96H140O14Si12/c1-13-17-21-25-29-33-37-65-85-111(5,6)97-115(89-69-49-41-50-70-89)101-119(93-77-57-45-58-78-93)103-116(90-71-51-42-52-72-90,98-112(7,8)86-66-38-34-30-26-22-18-14-2)104-120(102-115,94-79-59-46-60-80-94)110-122(96-83-63-48-64-84-96)106-117(91-73-53-43-54-74-91,99-113(9,10)87-67-39-35-31-27-23-19-15-3)105-121(109-119,95-81-61-47-62-82-95)107-118(108-122,92-75-55-44-56-76-92)100-114(11,12)88-68-40-36-32-28-24-20-16-4/h25-32,41-64,69-84H,13-24,33-40,65-68,85-88H2,1-12H3/b29-25-,30-26+,31-27-,32-28+. The summed E-state index contributed by atoms with van der Waals surface area (Å²) in [4.78, 5) is 0. The quantitative estimate of drug-likeness (QED) is 0.0204. The van der Waals surface area contributed by atoms with Crippen molar-refractivity contribution in [2.75, 3.05) is 0 Å². The molecule has 0 N–H and O–H groups in total. The highest BCUT2D eigenvalue weighted by Crippen LogP contribution is 2.46. The average molecular weight is 1860 g/mol. The van der Waals surface area contributed by atoms with E-state index < -0.39 is 104 Å². The fraction of sp³-hybridized carbons (Fsp3) is 0.417. The van der Waals surface area contributed by atoms with Crippen LogP contribution in [0.3, 0.4) is 0 Å². The molecule has 4 bridgehead atoms. The minimum Gasteiger partial charge on any atom is -0.413 e. The number of hydrogen-bond donors (Lipinski definition) is 0. The van der Waals surface area contributed by atoms with Crippen molar-refractivity contribution in [1.29, 1.82) is 0 Å². The number of allylic oxidation sites excluding steroid dienone is 8. The van der Waals surface area contributed by atoms with Gasteiger partial charge < -0.3 is 57.6 Å². The van der Waals surface area contributed by atoms with Crippen molar-refractivity contribution in [3.8, 4) is 0 Å². The molecule has 4 heterocycles. The Kier molecular flexibility index (Phi) is 37.2. The summed E-state index contributed by atoms with van der Waals surface area (Å²) in [5.74, 6) is 0. The zero-order valence-electron chi connectivity index (χ0n) is 75.2. The van der Waals surface area contributed by atoms with Crippen LogP contribution < -0.4 is 41.5 Å². The van der Waals surface area contributed by atoms with E-state index in [2.05, 4.69) is 226 Å². The summed E-state index contributed by atoms with van der Waals surface area (Å²) in [6, 6.07) is 84.9. The number of hydrogen-bond acceptors (Lipinski definition) is 14. The van der Waals surface area contributed by atoms with Crippen LogP contribution in [0.25, 0.3) is 0 Å². The smallest absolute Gasteiger partial charge is 0.413 e. The van der Waals surface area contributed by atoms with E-state index in [4.69, 9.17) is 16.5 Å². The molecule has 4 fully saturated rings. The van der Waals surface area contributed by atoms with E-state index in [1.165, 1.54) is 25.7 Å². The molecule has 8 aromatic carbocycles. The molecule has 0 radical (unpaired) electrons. The molecule has 4 saturated heterocycles. The van der Waals surface area contributed by atoms with Crippen molar-refractivity contribution < 1.29 is 57.6 Å². The van der Waals surface area contributed by atoms with E-state index in [1.807, 2.05) is 146 Å². The van der Waals surface area contributed by atoms with Crippen LogP contribution in [0.4, 0.5) is 0 Å². The van der Waals surface area contributed by atoms with E-state index >= 15 is 0 Å². The molecule has 0 spiro atoms. The van der Waals surface area contributed by atoms with Crippen LogP contribution in [0.15, 0.2) is 291 Å². The molecule has 12 rings (SSSR count). The second-order valence-electron chi connectivity index (χ2n) is 35.3. The minimum atomic E-state index is -5.47. The Labute approximate surface area is 746 Å². The molecule has 4 unspecified atom stereocenters. The van der Waals surface area contributed by atoms with Gasteiger partial charge >= 0.3 is 70.4 Å². The van der Waals surface area contributed by atoms with Gasteiger partial charge in [-0.3, -0.25) is 0 Å². The molecule has 14 nitrogen and oxygen atoms in total. The maximum atomic E-state index is 9.37. The normalized spacial score (nSPS) is 24.4. The predicted octanol–water partition coefficient (Wildman–Crippen LogP) is 21.5. The predicted molar refractivity (Wildman–Crippen MR) is 529 cm³/mol. The van der Waals surface area contributed by atoms with Gasteiger partial charge in [-0.15, -0.1) is 0 Å². The molecule has 122 heavy (non-hydrogen) atoms. The maximum absolute atomic E-state index is 9.37. The molecule has 26 heteroatoms. The summed E-state index contributed by atoms with van der Waals surface area (Å²) in [6.45, 7) is 27.4. The number of fused-ring (bicyclic) bond motifs is 4. The Hall–Kier alpha value is -5.24. The number of rotatable bonds is 48. The van der Waals surface area contributed by atoms with E-state index in [-0.39, 0.29) is 0 Å². The molecule has 4 aliphatic heterocycles. The van der Waals surface area contributed by atoms with Crippen LogP contribution in [0.2, 0.25) is 76.6 Å². The van der Waals surface area contributed by atoms with Gasteiger partial charge in [-0.25, -0.2) is 0 Å². The molecular formula is C96H140O14Si12. The van der Waals surface area contributed by atoms with Crippen LogP contribution in [0.1, 0.15) is 182 Å². The maximum Gasteiger partial charge on any atom is 0.515 e. The summed E-state index contributed by atoms with van der Waals surface area (Å²) < 4.78 is 127. The molecule has 4 aliphatic rings. The minimum absolute atomic E-state index is 0.556. The van der Waals surface area contributed by atoms with Gasteiger partial charge in [0.05, 0.1) is 0 Å². The number of unbranched alkanes of at least 4 members (excludes halogenated alkanes) is 16. The molecule has 4 atom stereocenters. The summed E-state index contributed by atoms with van der Waals surface area (Å²) in [7, 11) is -54.8. The Morgan fingerprint density at radius 1 is 0.197 bits per heavy atom. The Balaban J connectivity index is 1.33. The highest BCUT2D eigenvalue weighted by Gasteiger charge is 2.81. The highest BCUT2D eigenvalue weighted by atomic mass is 28.6. The first kappa shape index (κ1) is 97.4. The lowest BCUT2D eigenvalue weighted by Crippen LogP contribution is -2.91. The van der Waals surface area contributed by atoms with E-state index in [1.54, 1.807) is 0 Å². The van der Waals surface area contributed by atoms with Crippen molar-refractivity contribution in [2.45, 2.75) is 258 Å². The number of benzene rings is 8. The Morgan fingerprint density at radius 2 is 0.344 bits per heavy atom. The van der Waals surface area contributed by atoms with E-state index in [9.17, 15) is 41.2 Å². The van der Waals surface area contributed by atoms with Crippen LogP contribution in [-0.4, -0.2) is 104 Å². The molecule has 0 aromatic heterocycles. The SMILES string of the molecule is CCCC/C=C\CCCC[Si](C)(C)O[Si]1(c2ccccc2)O[Si]2(c3ccccc3)O[Si](O[Si](C)(C)CCCC/C=C/CCCC)(c3ccccc3)O[Si](c3ccccc3)(O1)O[Si]1(c3ccccc3)O[Si](O[Si](C)(C)CCCC/C=C\CCCC)(c3ccccc3)O[Si](c3ccccc3)(O[Si](O[Si](C)(C)CCCC/C=C/CCCC)(c3ccccc3)O1)O2. The van der Waals surface area contributed by atoms with Crippen molar-refractivity contribution >= 4 is 145 Å². The fourth-order valence-corrected chi connectivity index (χ4v) is 76.9. The lowest BCUT2D eigenvalue weighted by Gasteiger charge is -2.58. The monoisotopic (exact) mass is 1850 g/mol. The van der Waals surface area contributed by atoms with Crippen molar-refractivity contribution in [2.24, 2.45) is 0 Å². The molecule has 8 aromatic rings. The molecule has 0 saturated carbocycles.